The van der Waals surface area contributed by atoms with Crippen molar-refractivity contribution in [1.82, 2.24) is 15.1 Å². The molecule has 1 aromatic heterocycles. The minimum atomic E-state index is -4.57. The molecule has 0 unspecified atom stereocenters. The Bertz CT molecular complexity index is 909. The summed E-state index contributed by atoms with van der Waals surface area (Å²) in [7, 11) is 4.80. The van der Waals surface area contributed by atoms with Gasteiger partial charge in [0.2, 0.25) is 5.91 Å². The molecule has 0 spiro atoms. The van der Waals surface area contributed by atoms with Crippen molar-refractivity contribution in [2.45, 2.75) is 31.9 Å². The Morgan fingerprint density at radius 3 is 2.45 bits per heavy atom. The highest BCUT2D eigenvalue weighted by molar-refractivity contribution is 7.17. The summed E-state index contributed by atoms with van der Waals surface area (Å²) in [6, 6.07) is 0. The summed E-state index contributed by atoms with van der Waals surface area (Å²) in [5.74, 6) is -0.813. The van der Waals surface area contributed by atoms with Crippen LogP contribution in [0.1, 0.15) is 33.6 Å². The standard InChI is InChI=1S/C22H31F3N4O3S/c1-14(22(23,24)25)15(11-28(2)3)12-29(4)13-18(31)27-21-19(20(32)26-9-10-30)16-7-5-6-8-17(16)33-21/h12,30H,1,5-11,13H2,2-4H3,(H,26,32)(H,27,31)/b15-12-. The normalized spacial score (nSPS) is 14.1. The number of fused-ring (bicyclic) bond motifs is 1. The third kappa shape index (κ3) is 7.58. The zero-order valence-electron chi connectivity index (χ0n) is 19.1. The molecule has 0 aromatic carbocycles. The van der Waals surface area contributed by atoms with Crippen LogP contribution in [-0.4, -0.2) is 80.3 Å². The number of hydrogen-bond acceptors (Lipinski definition) is 6. The molecular formula is C22H31F3N4O3S. The van der Waals surface area contributed by atoms with Gasteiger partial charge in [-0.25, -0.2) is 0 Å². The number of anilines is 1. The Balaban J connectivity index is 2.19. The van der Waals surface area contributed by atoms with E-state index in [1.54, 1.807) is 19.0 Å². The fourth-order valence-corrected chi connectivity index (χ4v) is 4.90. The molecule has 3 N–H and O–H groups in total. The van der Waals surface area contributed by atoms with Gasteiger partial charge >= 0.3 is 6.18 Å². The number of likely N-dealkylation sites (N-methyl/N-ethyl adjacent to an activating group) is 2. The summed E-state index contributed by atoms with van der Waals surface area (Å²) in [6.45, 7) is 2.87. The first-order valence-corrected chi connectivity index (χ1v) is 11.4. The number of carbonyl (C=O) groups excluding carboxylic acids is 2. The van der Waals surface area contributed by atoms with E-state index in [1.807, 2.05) is 0 Å². The molecule has 0 saturated heterocycles. The molecule has 2 rings (SSSR count). The number of nitrogens with zero attached hydrogens (tertiary/aromatic N) is 2. The van der Waals surface area contributed by atoms with E-state index in [-0.39, 0.29) is 37.7 Å². The van der Waals surface area contributed by atoms with E-state index in [0.717, 1.165) is 36.1 Å². The summed E-state index contributed by atoms with van der Waals surface area (Å²) >= 11 is 1.35. The summed E-state index contributed by atoms with van der Waals surface area (Å²) < 4.78 is 39.5. The largest absolute Gasteiger partial charge is 0.416 e. The van der Waals surface area contributed by atoms with Crippen molar-refractivity contribution in [2.24, 2.45) is 0 Å². The molecule has 33 heavy (non-hydrogen) atoms. The maximum atomic E-state index is 13.2. The molecule has 1 aromatic rings. The number of aliphatic hydroxyl groups excluding tert-OH is 1. The number of amides is 2. The van der Waals surface area contributed by atoms with Gasteiger partial charge in [0.15, 0.2) is 0 Å². The minimum Gasteiger partial charge on any atom is -0.395 e. The van der Waals surface area contributed by atoms with Crippen LogP contribution in [0.3, 0.4) is 0 Å². The van der Waals surface area contributed by atoms with Gasteiger partial charge in [-0.1, -0.05) is 6.58 Å². The number of carbonyl (C=O) groups is 2. The molecule has 11 heteroatoms. The second-order valence-corrected chi connectivity index (χ2v) is 9.33. The van der Waals surface area contributed by atoms with Gasteiger partial charge < -0.3 is 25.5 Å². The summed E-state index contributed by atoms with van der Waals surface area (Å²) in [6.07, 6.45) is 0.208. The average molecular weight is 489 g/mol. The van der Waals surface area contributed by atoms with E-state index in [0.29, 0.717) is 10.6 Å². The molecule has 1 aliphatic carbocycles. The van der Waals surface area contributed by atoms with Gasteiger partial charge in [0.1, 0.15) is 5.00 Å². The number of thiophene rings is 1. The Morgan fingerprint density at radius 1 is 1.18 bits per heavy atom. The van der Waals surface area contributed by atoms with Gasteiger partial charge in [0, 0.05) is 31.2 Å². The third-order valence-corrected chi connectivity index (χ3v) is 6.24. The number of alkyl halides is 3. The molecular weight excluding hydrogens is 457 g/mol. The lowest BCUT2D eigenvalue weighted by Gasteiger charge is -2.21. The van der Waals surface area contributed by atoms with Crippen molar-refractivity contribution in [3.8, 4) is 0 Å². The second kappa shape index (κ2) is 11.7. The monoisotopic (exact) mass is 488 g/mol. The maximum Gasteiger partial charge on any atom is 0.416 e. The van der Waals surface area contributed by atoms with Gasteiger partial charge in [0.25, 0.3) is 5.91 Å². The van der Waals surface area contributed by atoms with Crippen LogP contribution in [0.4, 0.5) is 18.2 Å². The Kier molecular flexibility index (Phi) is 9.50. The number of halogens is 3. The molecule has 184 valence electrons. The molecule has 1 aliphatic rings. The number of hydrogen-bond donors (Lipinski definition) is 3. The highest BCUT2D eigenvalue weighted by atomic mass is 32.1. The van der Waals surface area contributed by atoms with Gasteiger partial charge in [-0.3, -0.25) is 9.59 Å². The predicted octanol–water partition coefficient (Wildman–Crippen LogP) is 2.78. The van der Waals surface area contributed by atoms with E-state index >= 15 is 0 Å². The van der Waals surface area contributed by atoms with Gasteiger partial charge in [0.05, 0.1) is 24.3 Å². The van der Waals surface area contributed by atoms with Gasteiger partial charge in [-0.05, 0) is 50.9 Å². The van der Waals surface area contributed by atoms with Crippen molar-refractivity contribution in [3.05, 3.63) is 39.9 Å². The number of aliphatic hydroxyl groups is 1. The predicted molar refractivity (Wildman–Crippen MR) is 123 cm³/mol. The van der Waals surface area contributed by atoms with E-state index in [1.165, 1.54) is 29.5 Å². The second-order valence-electron chi connectivity index (χ2n) is 8.23. The molecule has 0 fully saturated rings. The molecule has 0 radical (unpaired) electrons. The molecule has 0 bridgehead atoms. The van der Waals surface area contributed by atoms with Crippen LogP contribution in [0.15, 0.2) is 23.9 Å². The lowest BCUT2D eigenvalue weighted by molar-refractivity contribution is -0.116. The lowest BCUT2D eigenvalue weighted by Crippen LogP contribution is -2.31. The molecule has 0 saturated carbocycles. The van der Waals surface area contributed by atoms with E-state index in [4.69, 9.17) is 5.11 Å². The zero-order valence-corrected chi connectivity index (χ0v) is 20.0. The van der Waals surface area contributed by atoms with Crippen LogP contribution in [0.5, 0.6) is 0 Å². The summed E-state index contributed by atoms with van der Waals surface area (Å²) in [5.41, 5.74) is 0.323. The fraction of sp³-hybridized carbons (Fsp3) is 0.545. The van der Waals surface area contributed by atoms with Crippen LogP contribution in [-0.2, 0) is 17.6 Å². The summed E-state index contributed by atoms with van der Waals surface area (Å²) in [5, 5.41) is 14.8. The van der Waals surface area contributed by atoms with Crippen LogP contribution < -0.4 is 10.6 Å². The van der Waals surface area contributed by atoms with Crippen molar-refractivity contribution in [1.29, 1.82) is 0 Å². The first-order valence-electron chi connectivity index (χ1n) is 10.6. The van der Waals surface area contributed by atoms with Crippen LogP contribution in [0, 0.1) is 0 Å². The Hall–Kier alpha value is -2.37. The molecule has 0 aliphatic heterocycles. The van der Waals surface area contributed by atoms with Crippen molar-refractivity contribution >= 4 is 28.2 Å². The summed E-state index contributed by atoms with van der Waals surface area (Å²) in [4.78, 5) is 29.4. The molecule has 1 heterocycles. The molecule has 0 atom stereocenters. The van der Waals surface area contributed by atoms with Crippen molar-refractivity contribution in [3.63, 3.8) is 0 Å². The fourth-order valence-electron chi connectivity index (χ4n) is 3.59. The first-order chi connectivity index (χ1) is 15.4. The Morgan fingerprint density at radius 2 is 1.85 bits per heavy atom. The number of rotatable bonds is 10. The van der Waals surface area contributed by atoms with Crippen molar-refractivity contribution < 1.29 is 27.9 Å². The van der Waals surface area contributed by atoms with E-state index < -0.39 is 17.7 Å². The van der Waals surface area contributed by atoms with E-state index in [9.17, 15) is 22.8 Å². The quantitative estimate of drug-likeness (QED) is 0.441. The number of aryl methyl sites for hydroxylation is 1. The topological polar surface area (TPSA) is 84.9 Å². The first kappa shape index (κ1) is 26.9. The van der Waals surface area contributed by atoms with Crippen LogP contribution in [0.2, 0.25) is 0 Å². The molecule has 7 nitrogen and oxygen atoms in total. The SMILES string of the molecule is C=C(/C(=C\N(C)CC(=O)Nc1sc2c(c1C(=O)NCCO)CCCC2)CN(C)C)C(F)(F)F. The zero-order chi connectivity index (χ0) is 24.8. The van der Waals surface area contributed by atoms with E-state index in [2.05, 4.69) is 17.2 Å². The van der Waals surface area contributed by atoms with Crippen molar-refractivity contribution in [2.75, 3.05) is 52.7 Å². The third-order valence-electron chi connectivity index (χ3n) is 5.03. The minimum absolute atomic E-state index is 0.0110. The average Bonchev–Trinajstić information content (AvgIpc) is 3.07. The molecule has 2 amide bonds. The van der Waals surface area contributed by atoms with Gasteiger partial charge in [-0.2, -0.15) is 13.2 Å². The smallest absolute Gasteiger partial charge is 0.395 e. The number of nitrogens with one attached hydrogen (secondary N) is 2. The maximum absolute atomic E-state index is 13.2. The highest BCUT2D eigenvalue weighted by Crippen LogP contribution is 2.38. The van der Waals surface area contributed by atoms with Crippen LogP contribution in [0.25, 0.3) is 0 Å². The Labute approximate surface area is 195 Å². The highest BCUT2D eigenvalue weighted by Gasteiger charge is 2.34. The van der Waals surface area contributed by atoms with Gasteiger partial charge in [-0.15, -0.1) is 11.3 Å². The lowest BCUT2D eigenvalue weighted by atomic mass is 9.95. The van der Waals surface area contributed by atoms with Crippen LogP contribution >= 0.6 is 11.3 Å².